The molecule has 0 aliphatic carbocycles. The Labute approximate surface area is 163 Å². The molecule has 26 heavy (non-hydrogen) atoms. The zero-order valence-electron chi connectivity index (χ0n) is 13.7. The zero-order valence-corrected chi connectivity index (χ0v) is 16.0. The van der Waals surface area contributed by atoms with Crippen molar-refractivity contribution in [2.24, 2.45) is 0 Å². The molecule has 2 aromatic heterocycles. The van der Waals surface area contributed by atoms with Crippen molar-refractivity contribution in [2.75, 3.05) is 6.54 Å². The first-order valence-corrected chi connectivity index (χ1v) is 9.85. The van der Waals surface area contributed by atoms with E-state index in [-0.39, 0.29) is 24.1 Å². The van der Waals surface area contributed by atoms with E-state index in [0.717, 1.165) is 18.4 Å². The van der Waals surface area contributed by atoms with Crippen molar-refractivity contribution in [3.63, 3.8) is 0 Å². The fourth-order valence-corrected chi connectivity index (χ4v) is 4.40. The molecule has 0 N–H and O–H groups in total. The molecule has 1 aromatic carbocycles. The average molecular weight is 408 g/mol. The highest BCUT2D eigenvalue weighted by atomic mass is 35.5. The van der Waals surface area contributed by atoms with E-state index in [2.05, 4.69) is 4.98 Å². The van der Waals surface area contributed by atoms with Gasteiger partial charge in [0.05, 0.1) is 27.8 Å². The van der Waals surface area contributed by atoms with Gasteiger partial charge >= 0.3 is 0 Å². The summed E-state index contributed by atoms with van der Waals surface area (Å²) >= 11 is 13.5. The van der Waals surface area contributed by atoms with Crippen molar-refractivity contribution in [1.29, 1.82) is 0 Å². The number of nitrogens with zero attached hydrogens (tertiary/aromatic N) is 3. The predicted molar refractivity (Wildman–Crippen MR) is 104 cm³/mol. The third-order valence-electron chi connectivity index (χ3n) is 4.66. The molecule has 4 rings (SSSR count). The van der Waals surface area contributed by atoms with E-state index in [4.69, 9.17) is 23.2 Å². The Bertz CT molecular complexity index is 1050. The monoisotopic (exact) mass is 407 g/mol. The first-order chi connectivity index (χ1) is 12.5. The van der Waals surface area contributed by atoms with Crippen LogP contribution in [0.5, 0.6) is 0 Å². The van der Waals surface area contributed by atoms with Gasteiger partial charge in [-0.15, -0.1) is 11.3 Å². The number of thiophene rings is 1. The lowest BCUT2D eigenvalue weighted by atomic mass is 10.0. The highest BCUT2D eigenvalue weighted by Gasteiger charge is 2.30. The van der Waals surface area contributed by atoms with Crippen molar-refractivity contribution < 1.29 is 4.79 Å². The van der Waals surface area contributed by atoms with Gasteiger partial charge in [-0.25, -0.2) is 4.98 Å². The molecular weight excluding hydrogens is 393 g/mol. The maximum absolute atomic E-state index is 12.9. The number of rotatable bonds is 3. The normalized spacial score (nSPS) is 17.2. The lowest BCUT2D eigenvalue weighted by molar-refractivity contribution is -0.132. The van der Waals surface area contributed by atoms with Gasteiger partial charge in [0, 0.05) is 6.54 Å². The van der Waals surface area contributed by atoms with Gasteiger partial charge in [-0.05, 0) is 42.0 Å². The Morgan fingerprint density at radius 3 is 2.92 bits per heavy atom. The molecule has 1 aliphatic heterocycles. The highest BCUT2D eigenvalue weighted by Crippen LogP contribution is 2.35. The zero-order chi connectivity index (χ0) is 18.3. The third-order valence-corrected chi connectivity index (χ3v) is 6.22. The minimum absolute atomic E-state index is 0.0184. The number of hydrogen-bond donors (Lipinski definition) is 0. The topological polar surface area (TPSA) is 55.2 Å². The van der Waals surface area contributed by atoms with Crippen LogP contribution in [0.1, 0.15) is 24.4 Å². The molecule has 134 valence electrons. The second-order valence-electron chi connectivity index (χ2n) is 6.24. The maximum atomic E-state index is 12.9. The van der Waals surface area contributed by atoms with Crippen LogP contribution in [0.15, 0.2) is 40.8 Å². The molecule has 3 aromatic rings. The van der Waals surface area contributed by atoms with Crippen molar-refractivity contribution >= 4 is 50.7 Å². The second kappa shape index (κ2) is 7.02. The Morgan fingerprint density at radius 2 is 2.12 bits per heavy atom. The summed E-state index contributed by atoms with van der Waals surface area (Å²) in [6.45, 7) is 0.641. The van der Waals surface area contributed by atoms with Crippen LogP contribution < -0.4 is 5.56 Å². The van der Waals surface area contributed by atoms with Crippen LogP contribution in [0.2, 0.25) is 10.0 Å². The fraction of sp³-hybridized carbons (Fsp3) is 0.278. The van der Waals surface area contributed by atoms with E-state index in [0.29, 0.717) is 26.8 Å². The lowest BCUT2D eigenvalue weighted by Gasteiger charge is -2.25. The first kappa shape index (κ1) is 17.5. The molecule has 0 saturated carbocycles. The van der Waals surface area contributed by atoms with Crippen LogP contribution in [0, 0.1) is 0 Å². The van der Waals surface area contributed by atoms with E-state index in [9.17, 15) is 9.59 Å². The Balaban J connectivity index is 1.59. The van der Waals surface area contributed by atoms with Gasteiger partial charge in [-0.2, -0.15) is 0 Å². The number of aromatic nitrogens is 2. The summed E-state index contributed by atoms with van der Waals surface area (Å²) < 4.78 is 1.38. The van der Waals surface area contributed by atoms with Gasteiger partial charge in [0.2, 0.25) is 5.91 Å². The van der Waals surface area contributed by atoms with Crippen LogP contribution in [0.4, 0.5) is 0 Å². The molecule has 1 amide bonds. The minimum atomic E-state index is -0.185. The van der Waals surface area contributed by atoms with Gasteiger partial charge in [-0.1, -0.05) is 29.3 Å². The standard InChI is InChI=1S/C18H15Cl2N3O2S/c19-13-4-3-11(8-14(13)20)15-2-1-6-23(15)16(24)9-22-10-21-17-12(18(22)25)5-7-26-17/h3-5,7-8,10,15H,1-2,6,9H2. The molecule has 0 bridgehead atoms. The summed E-state index contributed by atoms with van der Waals surface area (Å²) in [4.78, 5) is 32.1. The van der Waals surface area contributed by atoms with E-state index in [1.54, 1.807) is 12.1 Å². The quantitative estimate of drug-likeness (QED) is 0.655. The number of fused-ring (bicyclic) bond motifs is 1. The highest BCUT2D eigenvalue weighted by molar-refractivity contribution is 7.16. The van der Waals surface area contributed by atoms with Gasteiger partial charge in [0.1, 0.15) is 11.4 Å². The van der Waals surface area contributed by atoms with E-state index >= 15 is 0 Å². The van der Waals surface area contributed by atoms with Crippen molar-refractivity contribution in [3.8, 4) is 0 Å². The molecule has 3 heterocycles. The second-order valence-corrected chi connectivity index (χ2v) is 7.94. The Morgan fingerprint density at radius 1 is 1.27 bits per heavy atom. The SMILES string of the molecule is O=C(Cn1cnc2sccc2c1=O)N1CCCC1c1ccc(Cl)c(Cl)c1. The van der Waals surface area contributed by atoms with E-state index in [1.165, 1.54) is 22.2 Å². The predicted octanol–water partition coefficient (Wildman–Crippen LogP) is 4.13. The van der Waals surface area contributed by atoms with Gasteiger partial charge in [0.15, 0.2) is 0 Å². The summed E-state index contributed by atoms with van der Waals surface area (Å²) in [5.41, 5.74) is 0.777. The molecule has 1 fully saturated rings. The summed E-state index contributed by atoms with van der Waals surface area (Å²) in [5.74, 6) is -0.1000. The van der Waals surface area contributed by atoms with Crippen LogP contribution in [0.25, 0.3) is 10.2 Å². The summed E-state index contributed by atoms with van der Waals surface area (Å²) in [6.07, 6.45) is 3.22. The van der Waals surface area contributed by atoms with E-state index in [1.807, 2.05) is 22.4 Å². The van der Waals surface area contributed by atoms with Gasteiger partial charge in [-0.3, -0.25) is 14.2 Å². The van der Waals surface area contributed by atoms with Crippen LogP contribution in [-0.2, 0) is 11.3 Å². The fourth-order valence-electron chi connectivity index (χ4n) is 3.37. The van der Waals surface area contributed by atoms with Crippen molar-refractivity contribution in [1.82, 2.24) is 14.5 Å². The Kier molecular flexibility index (Phi) is 4.73. The maximum Gasteiger partial charge on any atom is 0.262 e. The largest absolute Gasteiger partial charge is 0.334 e. The van der Waals surface area contributed by atoms with Crippen LogP contribution in [0.3, 0.4) is 0 Å². The molecule has 1 saturated heterocycles. The molecule has 1 atom stereocenters. The minimum Gasteiger partial charge on any atom is -0.334 e. The number of carbonyl (C=O) groups excluding carboxylic acids is 1. The number of halogens is 2. The molecular formula is C18H15Cl2N3O2S. The van der Waals surface area contributed by atoms with Crippen molar-refractivity contribution in [2.45, 2.75) is 25.4 Å². The third kappa shape index (κ3) is 3.13. The first-order valence-electron chi connectivity index (χ1n) is 8.21. The molecule has 8 heteroatoms. The van der Waals surface area contributed by atoms with Gasteiger partial charge < -0.3 is 4.90 Å². The number of likely N-dealkylation sites (tertiary alicyclic amines) is 1. The molecule has 5 nitrogen and oxygen atoms in total. The number of benzene rings is 1. The summed E-state index contributed by atoms with van der Waals surface area (Å²) in [5, 5.41) is 3.35. The van der Waals surface area contributed by atoms with Crippen LogP contribution >= 0.6 is 34.5 Å². The number of hydrogen-bond acceptors (Lipinski definition) is 4. The van der Waals surface area contributed by atoms with E-state index < -0.39 is 0 Å². The smallest absolute Gasteiger partial charge is 0.262 e. The lowest BCUT2D eigenvalue weighted by Crippen LogP contribution is -2.36. The number of carbonyl (C=O) groups is 1. The molecule has 1 aliphatic rings. The average Bonchev–Trinajstić information content (AvgIpc) is 3.29. The van der Waals surface area contributed by atoms with Gasteiger partial charge in [0.25, 0.3) is 5.56 Å². The van der Waals surface area contributed by atoms with Crippen molar-refractivity contribution in [3.05, 3.63) is 61.9 Å². The molecule has 0 spiro atoms. The Hall–Kier alpha value is -1.89. The molecule has 1 unspecified atom stereocenters. The van der Waals surface area contributed by atoms with Crippen LogP contribution in [-0.4, -0.2) is 26.9 Å². The summed E-state index contributed by atoms with van der Waals surface area (Å²) in [7, 11) is 0. The molecule has 0 radical (unpaired) electrons. The summed E-state index contributed by atoms with van der Waals surface area (Å²) in [6, 6.07) is 7.15. The number of amides is 1.